The summed E-state index contributed by atoms with van der Waals surface area (Å²) in [6.45, 7) is 2.89. The number of sulfonamides is 1. The highest BCUT2D eigenvalue weighted by Crippen LogP contribution is 2.39. The molecule has 10 heteroatoms. The normalized spacial score (nSPS) is 20.9. The van der Waals surface area contributed by atoms with Crippen LogP contribution in [0.2, 0.25) is 5.02 Å². The predicted molar refractivity (Wildman–Crippen MR) is 138 cm³/mol. The molecule has 1 atom stereocenters. The first kappa shape index (κ1) is 26.3. The molecule has 2 aromatic carbocycles. The van der Waals surface area contributed by atoms with Crippen LogP contribution in [-0.2, 0) is 19.6 Å². The molecule has 0 radical (unpaired) electrons. The molecule has 2 aliphatic rings. The molecule has 2 fully saturated rings. The van der Waals surface area contributed by atoms with Gasteiger partial charge in [-0.15, -0.1) is 0 Å². The molecule has 2 aliphatic heterocycles. The second kappa shape index (κ2) is 10.7. The summed E-state index contributed by atoms with van der Waals surface area (Å²) in [5, 5.41) is 11.7. The molecule has 0 aliphatic carbocycles. The van der Waals surface area contributed by atoms with Gasteiger partial charge in [0.25, 0.3) is 11.7 Å². The van der Waals surface area contributed by atoms with Crippen molar-refractivity contribution >= 4 is 39.1 Å². The number of amides is 1. The number of likely N-dealkylation sites (tertiary alicyclic amines) is 2. The number of nitrogens with zero attached hydrogens (tertiary/aromatic N) is 3. The SMILES string of the molecule is CN(C)S(=O)(=O)c1ccc(C(O)=C2C(=O)C(=O)N(CCN3CCCCC3)C2c2ccc(Cl)cc2)cc1. The summed E-state index contributed by atoms with van der Waals surface area (Å²) in [5.41, 5.74) is 0.885. The minimum atomic E-state index is -3.65. The second-order valence-electron chi connectivity index (χ2n) is 9.26. The summed E-state index contributed by atoms with van der Waals surface area (Å²) in [4.78, 5) is 30.2. The van der Waals surface area contributed by atoms with E-state index in [1.54, 1.807) is 24.3 Å². The average Bonchev–Trinajstić information content (AvgIpc) is 3.13. The molecule has 1 unspecified atom stereocenters. The van der Waals surface area contributed by atoms with E-state index in [2.05, 4.69) is 4.90 Å². The van der Waals surface area contributed by atoms with E-state index >= 15 is 0 Å². The number of carbonyl (C=O) groups is 2. The van der Waals surface area contributed by atoms with Crippen molar-refractivity contribution in [3.05, 3.63) is 70.3 Å². The van der Waals surface area contributed by atoms with Crippen LogP contribution >= 0.6 is 11.6 Å². The topological polar surface area (TPSA) is 98.2 Å². The van der Waals surface area contributed by atoms with Crippen LogP contribution in [0.3, 0.4) is 0 Å². The lowest BCUT2D eigenvalue weighted by Gasteiger charge is -2.31. The number of aliphatic hydroxyl groups excluding tert-OH is 1. The lowest BCUT2D eigenvalue weighted by Crippen LogP contribution is -2.39. The largest absolute Gasteiger partial charge is 0.507 e. The van der Waals surface area contributed by atoms with Gasteiger partial charge in [0.05, 0.1) is 16.5 Å². The fraction of sp³-hybridized carbons (Fsp3) is 0.385. The summed E-state index contributed by atoms with van der Waals surface area (Å²) in [6, 6.07) is 11.7. The van der Waals surface area contributed by atoms with E-state index in [4.69, 9.17) is 11.6 Å². The van der Waals surface area contributed by atoms with Crippen molar-refractivity contribution in [1.29, 1.82) is 0 Å². The quantitative estimate of drug-likeness (QED) is 0.333. The minimum absolute atomic E-state index is 0.0239. The van der Waals surface area contributed by atoms with Crippen LogP contribution in [0.15, 0.2) is 59.0 Å². The number of benzene rings is 2. The Morgan fingerprint density at radius 1 is 0.972 bits per heavy atom. The zero-order valence-corrected chi connectivity index (χ0v) is 21.9. The van der Waals surface area contributed by atoms with E-state index in [1.807, 2.05) is 0 Å². The van der Waals surface area contributed by atoms with E-state index in [0.717, 1.165) is 30.2 Å². The first-order chi connectivity index (χ1) is 17.1. The first-order valence-electron chi connectivity index (χ1n) is 11.9. The number of halogens is 1. The predicted octanol–water partition coefficient (Wildman–Crippen LogP) is 3.50. The molecule has 1 N–H and O–H groups in total. The number of piperidine rings is 1. The van der Waals surface area contributed by atoms with Gasteiger partial charge in [-0.05, 0) is 67.9 Å². The monoisotopic (exact) mass is 531 g/mol. The average molecular weight is 532 g/mol. The molecular formula is C26H30ClN3O5S. The molecule has 192 valence electrons. The molecule has 4 rings (SSSR count). The van der Waals surface area contributed by atoms with Crippen molar-refractivity contribution in [2.24, 2.45) is 0 Å². The van der Waals surface area contributed by atoms with E-state index in [-0.39, 0.29) is 21.8 Å². The van der Waals surface area contributed by atoms with Crippen molar-refractivity contribution in [1.82, 2.24) is 14.1 Å². The third-order valence-electron chi connectivity index (χ3n) is 6.74. The van der Waals surface area contributed by atoms with Crippen LogP contribution < -0.4 is 0 Å². The van der Waals surface area contributed by atoms with Gasteiger partial charge in [0.2, 0.25) is 10.0 Å². The number of hydrogen-bond donors (Lipinski definition) is 1. The Morgan fingerprint density at radius 3 is 2.17 bits per heavy atom. The van der Waals surface area contributed by atoms with E-state index in [0.29, 0.717) is 23.7 Å². The third-order valence-corrected chi connectivity index (χ3v) is 8.82. The van der Waals surface area contributed by atoms with Crippen LogP contribution in [0.25, 0.3) is 5.76 Å². The summed E-state index contributed by atoms with van der Waals surface area (Å²) in [7, 11) is -0.791. The Morgan fingerprint density at radius 2 is 1.58 bits per heavy atom. The lowest BCUT2D eigenvalue weighted by molar-refractivity contribution is -0.140. The molecule has 0 saturated carbocycles. The van der Waals surface area contributed by atoms with E-state index in [1.165, 1.54) is 49.7 Å². The molecule has 2 heterocycles. The van der Waals surface area contributed by atoms with Crippen molar-refractivity contribution in [3.8, 4) is 0 Å². The lowest BCUT2D eigenvalue weighted by atomic mass is 9.95. The van der Waals surface area contributed by atoms with Gasteiger partial charge < -0.3 is 14.9 Å². The number of hydrogen-bond acceptors (Lipinski definition) is 6. The highest BCUT2D eigenvalue weighted by Gasteiger charge is 2.46. The van der Waals surface area contributed by atoms with Crippen molar-refractivity contribution < 1.29 is 23.1 Å². The number of Topliss-reactive ketones (excluding diaryl/α,β-unsaturated/α-hetero) is 1. The maximum absolute atomic E-state index is 13.2. The molecule has 0 aromatic heterocycles. The Labute approximate surface area is 216 Å². The van der Waals surface area contributed by atoms with Gasteiger partial charge in [0.15, 0.2) is 0 Å². The summed E-state index contributed by atoms with van der Waals surface area (Å²) < 4.78 is 25.9. The fourth-order valence-electron chi connectivity index (χ4n) is 4.69. The van der Waals surface area contributed by atoms with Gasteiger partial charge in [0, 0.05) is 37.8 Å². The minimum Gasteiger partial charge on any atom is -0.507 e. The highest BCUT2D eigenvalue weighted by molar-refractivity contribution is 7.89. The molecule has 2 saturated heterocycles. The Hall–Kier alpha value is -2.72. The van der Waals surface area contributed by atoms with E-state index in [9.17, 15) is 23.1 Å². The number of carbonyl (C=O) groups excluding carboxylic acids is 2. The van der Waals surface area contributed by atoms with Gasteiger partial charge in [-0.2, -0.15) is 0 Å². The number of ketones is 1. The van der Waals surface area contributed by atoms with Crippen LogP contribution in [0.1, 0.15) is 36.4 Å². The Bertz CT molecular complexity index is 1270. The number of rotatable bonds is 7. The van der Waals surface area contributed by atoms with E-state index < -0.39 is 27.8 Å². The zero-order chi connectivity index (χ0) is 26.0. The van der Waals surface area contributed by atoms with Crippen molar-refractivity contribution in [2.75, 3.05) is 40.3 Å². The molecular weight excluding hydrogens is 502 g/mol. The van der Waals surface area contributed by atoms with Crippen molar-refractivity contribution in [3.63, 3.8) is 0 Å². The zero-order valence-electron chi connectivity index (χ0n) is 20.4. The fourth-order valence-corrected chi connectivity index (χ4v) is 5.71. The van der Waals surface area contributed by atoms with Crippen LogP contribution in [0.4, 0.5) is 0 Å². The first-order valence-corrected chi connectivity index (χ1v) is 13.7. The van der Waals surface area contributed by atoms with Gasteiger partial charge in [-0.1, -0.05) is 30.2 Å². The Balaban J connectivity index is 1.72. The summed E-state index contributed by atoms with van der Waals surface area (Å²) in [5.74, 6) is -1.78. The maximum Gasteiger partial charge on any atom is 0.295 e. The van der Waals surface area contributed by atoms with Crippen LogP contribution in [0, 0.1) is 0 Å². The third kappa shape index (κ3) is 5.20. The van der Waals surface area contributed by atoms with Crippen LogP contribution in [0.5, 0.6) is 0 Å². The van der Waals surface area contributed by atoms with Gasteiger partial charge >= 0.3 is 0 Å². The van der Waals surface area contributed by atoms with Crippen LogP contribution in [-0.4, -0.2) is 79.6 Å². The van der Waals surface area contributed by atoms with Gasteiger partial charge in [-0.3, -0.25) is 9.59 Å². The molecule has 2 aromatic rings. The summed E-state index contributed by atoms with van der Waals surface area (Å²) in [6.07, 6.45) is 3.42. The highest BCUT2D eigenvalue weighted by atomic mass is 35.5. The standard InChI is InChI=1S/C26H30ClN3O5S/c1-28(2)36(34,35)21-12-8-19(9-13-21)24(31)22-23(18-6-10-20(27)11-7-18)30(26(33)25(22)32)17-16-29-14-4-3-5-15-29/h6-13,23,31H,3-5,14-17H2,1-2H3. The Kier molecular flexibility index (Phi) is 7.85. The number of aliphatic hydroxyl groups is 1. The molecule has 36 heavy (non-hydrogen) atoms. The van der Waals surface area contributed by atoms with Gasteiger partial charge in [0.1, 0.15) is 5.76 Å². The maximum atomic E-state index is 13.2. The van der Waals surface area contributed by atoms with Crippen molar-refractivity contribution in [2.45, 2.75) is 30.2 Å². The smallest absolute Gasteiger partial charge is 0.295 e. The van der Waals surface area contributed by atoms with Gasteiger partial charge in [-0.25, -0.2) is 12.7 Å². The second-order valence-corrected chi connectivity index (χ2v) is 11.8. The summed E-state index contributed by atoms with van der Waals surface area (Å²) >= 11 is 6.08. The molecule has 1 amide bonds. The molecule has 0 bridgehead atoms. The molecule has 0 spiro atoms. The molecule has 8 nitrogen and oxygen atoms in total.